The second kappa shape index (κ2) is 8.51. The second-order valence-electron chi connectivity index (χ2n) is 7.28. The van der Waals surface area contributed by atoms with Crippen molar-refractivity contribution >= 4 is 21.6 Å². The molecule has 1 unspecified atom stereocenters. The van der Waals surface area contributed by atoms with Gasteiger partial charge in [0.1, 0.15) is 0 Å². The molecule has 7 heteroatoms. The highest BCUT2D eigenvalue weighted by Gasteiger charge is 2.26. The molecular formula is C21H24ClNO4S. The molecule has 1 fully saturated rings. The maximum atomic E-state index is 12.7. The zero-order valence-corrected chi connectivity index (χ0v) is 17.1. The van der Waals surface area contributed by atoms with Crippen LogP contribution >= 0.6 is 11.6 Å². The van der Waals surface area contributed by atoms with E-state index in [-0.39, 0.29) is 17.2 Å². The molecule has 1 atom stereocenters. The van der Waals surface area contributed by atoms with Gasteiger partial charge in [-0.2, -0.15) is 0 Å². The zero-order valence-electron chi connectivity index (χ0n) is 15.6. The van der Waals surface area contributed by atoms with E-state index in [1.165, 1.54) is 28.8 Å². The van der Waals surface area contributed by atoms with Crippen molar-refractivity contribution in [2.75, 3.05) is 13.2 Å². The molecule has 150 valence electrons. The van der Waals surface area contributed by atoms with Crippen molar-refractivity contribution in [3.05, 3.63) is 64.2 Å². The van der Waals surface area contributed by atoms with Crippen LogP contribution in [-0.2, 0) is 38.8 Å². The molecule has 0 amide bonds. The number of benzene rings is 2. The number of rotatable bonds is 6. The predicted octanol–water partition coefficient (Wildman–Crippen LogP) is 3.48. The minimum absolute atomic E-state index is 0.0987. The Morgan fingerprint density at radius 3 is 2.57 bits per heavy atom. The fourth-order valence-corrected chi connectivity index (χ4v) is 5.37. The zero-order chi connectivity index (χ0) is 19.6. The van der Waals surface area contributed by atoms with Crippen LogP contribution in [0.1, 0.15) is 29.5 Å². The monoisotopic (exact) mass is 421 g/mol. The van der Waals surface area contributed by atoms with Crippen LogP contribution in [0, 0.1) is 0 Å². The topological polar surface area (TPSA) is 64.6 Å². The van der Waals surface area contributed by atoms with E-state index >= 15 is 0 Å². The van der Waals surface area contributed by atoms with Gasteiger partial charge in [-0.1, -0.05) is 29.8 Å². The van der Waals surface area contributed by atoms with Crippen LogP contribution in [0.2, 0.25) is 5.02 Å². The molecule has 2 aromatic rings. The Labute approximate surface area is 171 Å². The summed E-state index contributed by atoms with van der Waals surface area (Å²) in [4.78, 5) is 0.244. The van der Waals surface area contributed by atoms with E-state index in [0.29, 0.717) is 24.7 Å². The SMILES string of the molecule is O=S(=O)(NC1CCc2c(CCC3OCCO3)cccc2C1)c1ccc(Cl)cc1. The molecule has 0 radical (unpaired) electrons. The highest BCUT2D eigenvalue weighted by molar-refractivity contribution is 7.89. The summed E-state index contributed by atoms with van der Waals surface area (Å²) >= 11 is 5.86. The first-order chi connectivity index (χ1) is 13.5. The molecule has 0 bridgehead atoms. The normalized spacial score (nSPS) is 20.2. The first-order valence-corrected chi connectivity index (χ1v) is 11.5. The summed E-state index contributed by atoms with van der Waals surface area (Å²) in [7, 11) is -3.55. The van der Waals surface area contributed by atoms with E-state index < -0.39 is 10.0 Å². The van der Waals surface area contributed by atoms with Crippen LogP contribution in [-0.4, -0.2) is 34.0 Å². The molecule has 1 aliphatic carbocycles. The molecule has 0 saturated carbocycles. The Balaban J connectivity index is 1.43. The summed E-state index contributed by atoms with van der Waals surface area (Å²) in [6.45, 7) is 1.35. The van der Waals surface area contributed by atoms with E-state index in [4.69, 9.17) is 21.1 Å². The maximum Gasteiger partial charge on any atom is 0.240 e. The lowest BCUT2D eigenvalue weighted by Gasteiger charge is -2.27. The van der Waals surface area contributed by atoms with Crippen LogP contribution in [0.4, 0.5) is 0 Å². The summed E-state index contributed by atoms with van der Waals surface area (Å²) in [5.41, 5.74) is 3.89. The van der Waals surface area contributed by atoms with E-state index in [9.17, 15) is 8.42 Å². The van der Waals surface area contributed by atoms with E-state index in [0.717, 1.165) is 25.7 Å². The summed E-state index contributed by atoms with van der Waals surface area (Å²) < 4.78 is 39.2. The summed E-state index contributed by atoms with van der Waals surface area (Å²) in [6, 6.07) is 12.5. The molecule has 28 heavy (non-hydrogen) atoms. The predicted molar refractivity (Wildman–Crippen MR) is 108 cm³/mol. The van der Waals surface area contributed by atoms with Crippen LogP contribution < -0.4 is 4.72 Å². The molecule has 1 heterocycles. The highest BCUT2D eigenvalue weighted by Crippen LogP contribution is 2.27. The van der Waals surface area contributed by atoms with E-state index in [2.05, 4.69) is 22.9 Å². The highest BCUT2D eigenvalue weighted by atomic mass is 35.5. The third-order valence-corrected chi connectivity index (χ3v) is 7.15. The first kappa shape index (κ1) is 19.9. The maximum absolute atomic E-state index is 12.7. The largest absolute Gasteiger partial charge is 0.350 e. The Morgan fingerprint density at radius 2 is 1.82 bits per heavy atom. The standard InChI is InChI=1S/C21H24ClNO4S/c22-17-5-8-19(9-6-17)28(24,25)23-18-7-10-20-15(2-1-3-16(20)14-18)4-11-21-26-12-13-27-21/h1-3,5-6,8-9,18,21,23H,4,7,10-14H2. The van der Waals surface area contributed by atoms with Gasteiger partial charge in [0.2, 0.25) is 10.0 Å². The van der Waals surface area contributed by atoms with Crippen molar-refractivity contribution < 1.29 is 17.9 Å². The number of aryl methyl sites for hydroxylation is 1. The lowest BCUT2D eigenvalue weighted by molar-refractivity contribution is -0.0462. The fraction of sp³-hybridized carbons (Fsp3) is 0.429. The number of sulfonamides is 1. The molecule has 2 aliphatic rings. The lowest BCUT2D eigenvalue weighted by Crippen LogP contribution is -2.39. The first-order valence-electron chi connectivity index (χ1n) is 9.62. The number of nitrogens with one attached hydrogen (secondary N) is 1. The molecule has 0 aromatic heterocycles. The van der Waals surface area contributed by atoms with Gasteiger partial charge in [0.25, 0.3) is 0 Å². The van der Waals surface area contributed by atoms with Gasteiger partial charge in [-0.25, -0.2) is 13.1 Å². The Hall–Kier alpha value is -1.44. The number of hydrogen-bond acceptors (Lipinski definition) is 4. The average molecular weight is 422 g/mol. The summed E-state index contributed by atoms with van der Waals surface area (Å²) in [5.74, 6) is 0. The number of ether oxygens (including phenoxy) is 2. The molecule has 1 aliphatic heterocycles. The number of halogens is 1. The van der Waals surface area contributed by atoms with Crippen molar-refractivity contribution in [3.8, 4) is 0 Å². The Morgan fingerprint density at radius 1 is 1.07 bits per heavy atom. The van der Waals surface area contributed by atoms with Crippen LogP contribution in [0.15, 0.2) is 47.4 Å². The second-order valence-corrected chi connectivity index (χ2v) is 9.43. The van der Waals surface area contributed by atoms with Gasteiger partial charge < -0.3 is 9.47 Å². The van der Waals surface area contributed by atoms with E-state index in [1.54, 1.807) is 12.1 Å². The van der Waals surface area contributed by atoms with E-state index in [1.807, 2.05) is 0 Å². The van der Waals surface area contributed by atoms with Gasteiger partial charge >= 0.3 is 0 Å². The quantitative estimate of drug-likeness (QED) is 0.775. The molecule has 5 nitrogen and oxygen atoms in total. The minimum Gasteiger partial charge on any atom is -0.350 e. The van der Waals surface area contributed by atoms with Gasteiger partial charge in [0.05, 0.1) is 18.1 Å². The third-order valence-electron chi connectivity index (χ3n) is 5.37. The minimum atomic E-state index is -3.55. The van der Waals surface area contributed by atoms with Crippen molar-refractivity contribution in [2.24, 2.45) is 0 Å². The van der Waals surface area contributed by atoms with Gasteiger partial charge in [0, 0.05) is 17.5 Å². The fourth-order valence-electron chi connectivity index (χ4n) is 3.97. The van der Waals surface area contributed by atoms with Crippen LogP contribution in [0.25, 0.3) is 0 Å². The lowest BCUT2D eigenvalue weighted by atomic mass is 9.85. The van der Waals surface area contributed by atoms with Crippen molar-refractivity contribution in [1.82, 2.24) is 4.72 Å². The smallest absolute Gasteiger partial charge is 0.240 e. The Bertz CT molecular complexity index is 924. The van der Waals surface area contributed by atoms with Gasteiger partial charge in [-0.3, -0.25) is 0 Å². The summed E-state index contributed by atoms with van der Waals surface area (Å²) in [5, 5.41) is 0.520. The third kappa shape index (κ3) is 4.58. The van der Waals surface area contributed by atoms with Gasteiger partial charge in [0.15, 0.2) is 6.29 Å². The number of fused-ring (bicyclic) bond motifs is 1. The molecule has 4 rings (SSSR count). The van der Waals surface area contributed by atoms with Crippen LogP contribution in [0.5, 0.6) is 0 Å². The van der Waals surface area contributed by atoms with Crippen molar-refractivity contribution in [3.63, 3.8) is 0 Å². The van der Waals surface area contributed by atoms with Crippen molar-refractivity contribution in [2.45, 2.75) is 49.3 Å². The number of hydrogen-bond donors (Lipinski definition) is 1. The van der Waals surface area contributed by atoms with Gasteiger partial charge in [-0.05, 0) is 66.6 Å². The molecule has 1 saturated heterocycles. The molecular weight excluding hydrogens is 398 g/mol. The van der Waals surface area contributed by atoms with Crippen molar-refractivity contribution in [1.29, 1.82) is 0 Å². The molecule has 2 aromatic carbocycles. The average Bonchev–Trinajstić information content (AvgIpc) is 3.20. The van der Waals surface area contributed by atoms with Crippen LogP contribution in [0.3, 0.4) is 0 Å². The molecule has 1 N–H and O–H groups in total. The summed E-state index contributed by atoms with van der Waals surface area (Å²) in [6.07, 6.45) is 4.02. The van der Waals surface area contributed by atoms with Gasteiger partial charge in [-0.15, -0.1) is 0 Å². The Kier molecular flexibility index (Phi) is 6.04. The molecule has 0 spiro atoms.